The molecule has 1 atom stereocenters. The summed E-state index contributed by atoms with van der Waals surface area (Å²) in [5.41, 5.74) is 0.688. The van der Waals surface area contributed by atoms with Gasteiger partial charge in [0.2, 0.25) is 5.91 Å². The topological polar surface area (TPSA) is 79.2 Å². The minimum absolute atomic E-state index is 0.000667. The number of nitrogens with one attached hydrogen (secondary N) is 2. The molecule has 0 unspecified atom stereocenters. The third-order valence-electron chi connectivity index (χ3n) is 3.62. The molecule has 5 heteroatoms. The van der Waals surface area contributed by atoms with Gasteiger partial charge in [0.05, 0.1) is 12.3 Å². The van der Waals surface area contributed by atoms with Crippen molar-refractivity contribution in [1.82, 2.24) is 5.32 Å². The number of amidine groups is 1. The van der Waals surface area contributed by atoms with Gasteiger partial charge in [-0.25, -0.2) is 0 Å². The van der Waals surface area contributed by atoms with Gasteiger partial charge in [0, 0.05) is 5.56 Å². The molecule has 0 aliphatic rings. The third kappa shape index (κ3) is 5.84. The molecule has 26 heavy (non-hydrogen) atoms. The first-order valence-corrected chi connectivity index (χ1v) is 8.48. The molecule has 0 saturated heterocycles. The van der Waals surface area contributed by atoms with Crippen LogP contribution >= 0.6 is 0 Å². The van der Waals surface area contributed by atoms with E-state index in [9.17, 15) is 9.59 Å². The Morgan fingerprint density at radius 1 is 1.00 bits per heavy atom. The third-order valence-corrected chi connectivity index (χ3v) is 3.62. The molecular weight excluding hydrogens is 328 g/mol. The quantitative estimate of drug-likeness (QED) is 0.490. The van der Waals surface area contributed by atoms with Crippen LogP contribution in [0.25, 0.3) is 0 Å². The molecule has 0 radical (unpaired) electrons. The highest BCUT2D eigenvalue weighted by molar-refractivity contribution is 6.08. The minimum Gasteiger partial charge on any atom is -0.460 e. The van der Waals surface area contributed by atoms with E-state index >= 15 is 0 Å². The summed E-state index contributed by atoms with van der Waals surface area (Å²) in [6.45, 7) is 5.36. The van der Waals surface area contributed by atoms with Gasteiger partial charge in [-0.05, 0) is 26.3 Å². The first-order chi connectivity index (χ1) is 12.3. The zero-order chi connectivity index (χ0) is 19.2. The Morgan fingerprint density at radius 3 is 2.08 bits per heavy atom. The molecule has 136 valence electrons. The number of esters is 1. The number of benzene rings is 2. The van der Waals surface area contributed by atoms with E-state index in [0.717, 1.165) is 0 Å². The van der Waals surface area contributed by atoms with E-state index in [4.69, 9.17) is 10.1 Å². The van der Waals surface area contributed by atoms with E-state index in [2.05, 4.69) is 5.32 Å². The minimum atomic E-state index is -0.727. The monoisotopic (exact) mass is 352 g/mol. The van der Waals surface area contributed by atoms with Gasteiger partial charge in [-0.2, -0.15) is 0 Å². The maximum absolute atomic E-state index is 12.8. The summed E-state index contributed by atoms with van der Waals surface area (Å²) < 4.78 is 5.36. The van der Waals surface area contributed by atoms with Crippen LogP contribution in [0.1, 0.15) is 44.2 Å². The zero-order valence-electron chi connectivity index (χ0n) is 15.3. The van der Waals surface area contributed by atoms with E-state index in [0.29, 0.717) is 11.1 Å². The molecule has 5 nitrogen and oxygen atoms in total. The van der Waals surface area contributed by atoms with Gasteiger partial charge < -0.3 is 10.1 Å². The Balaban J connectivity index is 2.16. The molecule has 0 heterocycles. The number of ether oxygens (including phenoxy) is 1. The van der Waals surface area contributed by atoms with Crippen molar-refractivity contribution in [3.05, 3.63) is 71.8 Å². The largest absolute Gasteiger partial charge is 0.460 e. The summed E-state index contributed by atoms with van der Waals surface area (Å²) in [5, 5.41) is 10.7. The lowest BCUT2D eigenvalue weighted by atomic mass is 9.94. The van der Waals surface area contributed by atoms with Gasteiger partial charge in [-0.15, -0.1) is 0 Å². The highest BCUT2D eigenvalue weighted by atomic mass is 16.6. The van der Waals surface area contributed by atoms with E-state index in [1.807, 2.05) is 24.3 Å². The Labute approximate surface area is 153 Å². The molecule has 0 aliphatic heterocycles. The van der Waals surface area contributed by atoms with Crippen LogP contribution in [-0.4, -0.2) is 23.3 Å². The highest BCUT2D eigenvalue weighted by Crippen LogP contribution is 2.22. The van der Waals surface area contributed by atoms with Crippen molar-refractivity contribution in [3.63, 3.8) is 0 Å². The lowest BCUT2D eigenvalue weighted by Gasteiger charge is -2.22. The summed E-state index contributed by atoms with van der Waals surface area (Å²) in [5.74, 6) is -1.58. The van der Waals surface area contributed by atoms with Crippen molar-refractivity contribution in [2.24, 2.45) is 0 Å². The predicted molar refractivity (Wildman–Crippen MR) is 101 cm³/mol. The molecule has 1 amide bonds. The second-order valence-corrected chi connectivity index (χ2v) is 6.98. The lowest BCUT2D eigenvalue weighted by Crippen LogP contribution is -2.36. The van der Waals surface area contributed by atoms with Crippen LogP contribution in [-0.2, 0) is 14.3 Å². The fraction of sp³-hybridized carbons (Fsp3) is 0.286. The molecule has 0 saturated carbocycles. The molecule has 2 aromatic carbocycles. The Bertz CT molecular complexity index is 765. The fourth-order valence-corrected chi connectivity index (χ4v) is 2.48. The Morgan fingerprint density at radius 2 is 1.54 bits per heavy atom. The molecule has 0 spiro atoms. The van der Waals surface area contributed by atoms with E-state index in [1.54, 1.807) is 57.2 Å². The highest BCUT2D eigenvalue weighted by Gasteiger charge is 2.27. The van der Waals surface area contributed by atoms with Crippen molar-refractivity contribution >= 4 is 17.7 Å². The summed E-state index contributed by atoms with van der Waals surface area (Å²) in [4.78, 5) is 25.0. The fourth-order valence-electron chi connectivity index (χ4n) is 2.48. The van der Waals surface area contributed by atoms with Crippen molar-refractivity contribution in [2.45, 2.75) is 38.7 Å². The molecule has 2 rings (SSSR count). The van der Waals surface area contributed by atoms with Crippen LogP contribution in [0.15, 0.2) is 60.7 Å². The average Bonchev–Trinajstić information content (AvgIpc) is 2.59. The summed E-state index contributed by atoms with van der Waals surface area (Å²) >= 11 is 0. The van der Waals surface area contributed by atoms with Gasteiger partial charge in [-0.3, -0.25) is 15.0 Å². The number of hydrogen-bond donors (Lipinski definition) is 2. The van der Waals surface area contributed by atoms with Crippen LogP contribution in [0.2, 0.25) is 0 Å². The van der Waals surface area contributed by atoms with Crippen molar-refractivity contribution in [1.29, 1.82) is 5.41 Å². The van der Waals surface area contributed by atoms with Crippen LogP contribution in [0.3, 0.4) is 0 Å². The number of rotatable bonds is 5. The van der Waals surface area contributed by atoms with Crippen LogP contribution in [0.5, 0.6) is 0 Å². The summed E-state index contributed by atoms with van der Waals surface area (Å²) in [6, 6.07) is 18.0. The molecule has 0 aliphatic carbocycles. The van der Waals surface area contributed by atoms with Crippen molar-refractivity contribution < 1.29 is 14.3 Å². The maximum atomic E-state index is 12.8. The first-order valence-electron chi connectivity index (χ1n) is 8.48. The Kier molecular flexibility index (Phi) is 6.28. The molecular formula is C21H24N2O3. The second-order valence-electron chi connectivity index (χ2n) is 6.98. The standard InChI is InChI=1S/C21H24N2O3/c1-21(2,3)26-18(24)14-17(15-10-6-4-7-11-15)20(25)23-19(22)16-12-8-5-9-13-16/h4-13,17H,14H2,1-3H3,(H2,22,23,25)/t17-/m0/s1. The number of hydrogen-bond acceptors (Lipinski definition) is 4. The van der Waals surface area contributed by atoms with E-state index in [1.165, 1.54) is 0 Å². The smallest absolute Gasteiger partial charge is 0.307 e. The normalized spacial score (nSPS) is 12.1. The van der Waals surface area contributed by atoms with E-state index in [-0.39, 0.29) is 12.3 Å². The molecule has 0 aromatic heterocycles. The number of carbonyl (C=O) groups is 2. The van der Waals surface area contributed by atoms with Crippen LogP contribution in [0, 0.1) is 5.41 Å². The summed E-state index contributed by atoms with van der Waals surface area (Å²) in [6.07, 6.45) is -0.0881. The van der Waals surface area contributed by atoms with Crippen molar-refractivity contribution in [3.8, 4) is 0 Å². The second kappa shape index (κ2) is 8.43. The predicted octanol–water partition coefficient (Wildman–Crippen LogP) is 3.64. The van der Waals surface area contributed by atoms with Gasteiger partial charge in [-0.1, -0.05) is 60.7 Å². The molecule has 2 N–H and O–H groups in total. The average molecular weight is 352 g/mol. The van der Waals surface area contributed by atoms with Gasteiger partial charge in [0.1, 0.15) is 11.4 Å². The number of amides is 1. The van der Waals surface area contributed by atoms with Gasteiger partial charge >= 0.3 is 5.97 Å². The van der Waals surface area contributed by atoms with Crippen molar-refractivity contribution in [2.75, 3.05) is 0 Å². The van der Waals surface area contributed by atoms with Crippen LogP contribution in [0.4, 0.5) is 0 Å². The Hall–Kier alpha value is -2.95. The zero-order valence-corrected chi connectivity index (χ0v) is 15.3. The molecule has 0 fully saturated rings. The lowest BCUT2D eigenvalue weighted by molar-refractivity contribution is -0.156. The molecule has 0 bridgehead atoms. The SMILES string of the molecule is CC(C)(C)OC(=O)C[C@H](C(=O)NC(=N)c1ccccc1)c1ccccc1. The summed E-state index contributed by atoms with van der Waals surface area (Å²) in [7, 11) is 0. The van der Waals surface area contributed by atoms with Gasteiger partial charge in [0.15, 0.2) is 0 Å². The molecule has 2 aromatic rings. The van der Waals surface area contributed by atoms with E-state index < -0.39 is 23.4 Å². The van der Waals surface area contributed by atoms with Gasteiger partial charge in [0.25, 0.3) is 0 Å². The maximum Gasteiger partial charge on any atom is 0.307 e. The first kappa shape index (κ1) is 19.4. The van der Waals surface area contributed by atoms with Crippen LogP contribution < -0.4 is 5.32 Å². The number of carbonyl (C=O) groups excluding carboxylic acids is 2.